The van der Waals surface area contributed by atoms with E-state index in [1.54, 1.807) is 31.2 Å². The van der Waals surface area contributed by atoms with Crippen LogP contribution in [0.25, 0.3) is 11.3 Å². The molecule has 7 heteroatoms. The minimum Gasteiger partial charge on any atom is -0.481 e. The van der Waals surface area contributed by atoms with Crippen molar-refractivity contribution in [1.82, 2.24) is 14.9 Å². The maximum atomic E-state index is 12.8. The number of carbonyl (C=O) groups excluding carboxylic acids is 1. The number of nitrogens with zero attached hydrogens (tertiary/aromatic N) is 4. The van der Waals surface area contributed by atoms with Crippen LogP contribution in [0.2, 0.25) is 5.02 Å². The Morgan fingerprint density at radius 2 is 1.68 bits per heavy atom. The second kappa shape index (κ2) is 9.35. The zero-order chi connectivity index (χ0) is 21.8. The molecule has 0 radical (unpaired) electrons. The van der Waals surface area contributed by atoms with Crippen LogP contribution in [0.4, 0.5) is 5.82 Å². The van der Waals surface area contributed by atoms with Gasteiger partial charge in [0.2, 0.25) is 0 Å². The summed E-state index contributed by atoms with van der Waals surface area (Å²) in [5, 5.41) is 0.637. The van der Waals surface area contributed by atoms with E-state index in [1.807, 2.05) is 48.2 Å². The molecule has 0 bridgehead atoms. The van der Waals surface area contributed by atoms with E-state index in [-0.39, 0.29) is 5.91 Å². The summed E-state index contributed by atoms with van der Waals surface area (Å²) in [7, 11) is 0. The number of aryl methyl sites for hydroxylation is 1. The lowest BCUT2D eigenvalue weighted by molar-refractivity contribution is -0.138. The maximum Gasteiger partial charge on any atom is 0.263 e. The third kappa shape index (κ3) is 5.14. The average Bonchev–Trinajstić information content (AvgIpc) is 2.80. The number of rotatable bonds is 5. The number of amides is 1. The van der Waals surface area contributed by atoms with Gasteiger partial charge in [-0.25, -0.2) is 9.97 Å². The highest BCUT2D eigenvalue weighted by Crippen LogP contribution is 2.23. The van der Waals surface area contributed by atoms with Crippen LogP contribution >= 0.6 is 11.6 Å². The van der Waals surface area contributed by atoms with E-state index in [0.717, 1.165) is 22.9 Å². The first-order valence-electron chi connectivity index (χ1n) is 10.4. The molecule has 3 aromatic rings. The van der Waals surface area contributed by atoms with Crippen LogP contribution < -0.4 is 9.64 Å². The van der Waals surface area contributed by atoms with Gasteiger partial charge in [0.1, 0.15) is 17.4 Å². The molecule has 0 aliphatic carbocycles. The molecule has 1 unspecified atom stereocenters. The summed E-state index contributed by atoms with van der Waals surface area (Å²) in [6.07, 6.45) is -0.557. The number of hydrogen-bond donors (Lipinski definition) is 0. The molecule has 1 atom stereocenters. The van der Waals surface area contributed by atoms with Gasteiger partial charge >= 0.3 is 0 Å². The van der Waals surface area contributed by atoms with Gasteiger partial charge in [-0.1, -0.05) is 41.9 Å². The number of ether oxygens (including phenoxy) is 1. The minimum atomic E-state index is -0.557. The molecule has 1 aromatic heterocycles. The van der Waals surface area contributed by atoms with E-state index >= 15 is 0 Å². The summed E-state index contributed by atoms with van der Waals surface area (Å²) >= 11 is 5.91. The van der Waals surface area contributed by atoms with E-state index in [1.165, 1.54) is 0 Å². The van der Waals surface area contributed by atoms with Crippen LogP contribution in [0, 0.1) is 6.92 Å². The Bertz CT molecular complexity index is 1040. The summed E-state index contributed by atoms with van der Waals surface area (Å²) in [5.41, 5.74) is 1.97. The first-order chi connectivity index (χ1) is 15.0. The second-order valence-electron chi connectivity index (χ2n) is 7.55. The summed E-state index contributed by atoms with van der Waals surface area (Å²) in [4.78, 5) is 26.1. The molecule has 1 amide bonds. The van der Waals surface area contributed by atoms with Crippen molar-refractivity contribution in [3.05, 3.63) is 71.5 Å². The number of benzene rings is 2. The Morgan fingerprint density at radius 1 is 1.00 bits per heavy atom. The van der Waals surface area contributed by atoms with Gasteiger partial charge in [0.15, 0.2) is 6.10 Å². The lowest BCUT2D eigenvalue weighted by Gasteiger charge is -2.36. The molecule has 1 aliphatic rings. The summed E-state index contributed by atoms with van der Waals surface area (Å²) in [5.74, 6) is 2.25. The molecular formula is C24H25ClN4O2. The van der Waals surface area contributed by atoms with Crippen molar-refractivity contribution in [2.45, 2.75) is 20.0 Å². The number of hydrogen-bond acceptors (Lipinski definition) is 5. The maximum absolute atomic E-state index is 12.8. The molecule has 1 saturated heterocycles. The topological polar surface area (TPSA) is 58.6 Å². The molecular weight excluding hydrogens is 412 g/mol. The van der Waals surface area contributed by atoms with Crippen molar-refractivity contribution in [2.75, 3.05) is 31.1 Å². The zero-order valence-corrected chi connectivity index (χ0v) is 18.4. The first-order valence-corrected chi connectivity index (χ1v) is 10.7. The fraction of sp³-hybridized carbons (Fsp3) is 0.292. The van der Waals surface area contributed by atoms with Gasteiger partial charge in [-0.3, -0.25) is 4.79 Å². The summed E-state index contributed by atoms with van der Waals surface area (Å²) < 4.78 is 5.79. The first kappa shape index (κ1) is 21.1. The third-order valence-electron chi connectivity index (χ3n) is 5.28. The van der Waals surface area contributed by atoms with Gasteiger partial charge in [-0.05, 0) is 38.1 Å². The van der Waals surface area contributed by atoms with Crippen molar-refractivity contribution in [3.8, 4) is 17.0 Å². The largest absolute Gasteiger partial charge is 0.481 e. The van der Waals surface area contributed by atoms with Gasteiger partial charge in [-0.2, -0.15) is 0 Å². The van der Waals surface area contributed by atoms with Gasteiger partial charge < -0.3 is 14.5 Å². The molecule has 160 valence electrons. The minimum absolute atomic E-state index is 0.0153. The molecule has 6 nitrogen and oxygen atoms in total. The number of halogens is 1. The molecule has 31 heavy (non-hydrogen) atoms. The van der Waals surface area contributed by atoms with Crippen LogP contribution in [-0.4, -0.2) is 53.1 Å². The molecule has 0 saturated carbocycles. The number of aromatic nitrogens is 2. The van der Waals surface area contributed by atoms with Crippen molar-refractivity contribution >= 4 is 23.3 Å². The number of anilines is 1. The SMILES string of the molecule is Cc1nc(-c2ccccc2)cc(N2CCN(C(=O)C(C)Oc3ccc(Cl)cc3)CC2)n1. The average molecular weight is 437 g/mol. The predicted molar refractivity (Wildman–Crippen MR) is 123 cm³/mol. The molecule has 1 fully saturated rings. The highest BCUT2D eigenvalue weighted by molar-refractivity contribution is 6.30. The number of carbonyl (C=O) groups is 1. The fourth-order valence-corrected chi connectivity index (χ4v) is 3.78. The van der Waals surface area contributed by atoms with Crippen LogP contribution in [-0.2, 0) is 4.79 Å². The van der Waals surface area contributed by atoms with Crippen LogP contribution in [0.3, 0.4) is 0 Å². The van der Waals surface area contributed by atoms with Crippen molar-refractivity contribution in [2.24, 2.45) is 0 Å². The highest BCUT2D eigenvalue weighted by Gasteiger charge is 2.27. The van der Waals surface area contributed by atoms with Gasteiger partial charge in [0.25, 0.3) is 5.91 Å². The van der Waals surface area contributed by atoms with E-state index in [0.29, 0.717) is 37.0 Å². The third-order valence-corrected chi connectivity index (χ3v) is 5.54. The predicted octanol–water partition coefficient (Wildman–Crippen LogP) is 4.22. The highest BCUT2D eigenvalue weighted by atomic mass is 35.5. The van der Waals surface area contributed by atoms with Crippen LogP contribution in [0.15, 0.2) is 60.7 Å². The monoisotopic (exact) mass is 436 g/mol. The Morgan fingerprint density at radius 3 is 2.35 bits per heavy atom. The van der Waals surface area contributed by atoms with Crippen molar-refractivity contribution in [1.29, 1.82) is 0 Å². The smallest absolute Gasteiger partial charge is 0.263 e. The van der Waals surface area contributed by atoms with E-state index in [9.17, 15) is 4.79 Å². The van der Waals surface area contributed by atoms with Crippen LogP contribution in [0.1, 0.15) is 12.7 Å². The van der Waals surface area contributed by atoms with Crippen molar-refractivity contribution < 1.29 is 9.53 Å². The van der Waals surface area contributed by atoms with Gasteiger partial charge in [0.05, 0.1) is 5.69 Å². The van der Waals surface area contributed by atoms with E-state index < -0.39 is 6.10 Å². The molecule has 2 heterocycles. The summed E-state index contributed by atoms with van der Waals surface area (Å²) in [6, 6.07) is 19.2. The van der Waals surface area contributed by atoms with Crippen LogP contribution in [0.5, 0.6) is 5.75 Å². The lowest BCUT2D eigenvalue weighted by atomic mass is 10.1. The normalized spacial score (nSPS) is 14.9. The fourth-order valence-electron chi connectivity index (χ4n) is 3.65. The standard InChI is InChI=1S/C24H25ClN4O2/c1-17(31-21-10-8-20(25)9-11-21)24(30)29-14-12-28(13-15-29)23-16-22(26-18(2)27-23)19-6-4-3-5-7-19/h3-11,16-17H,12-15H2,1-2H3. The van der Waals surface area contributed by atoms with Crippen molar-refractivity contribution in [3.63, 3.8) is 0 Å². The summed E-state index contributed by atoms with van der Waals surface area (Å²) in [6.45, 7) is 6.36. The second-order valence-corrected chi connectivity index (χ2v) is 7.99. The Labute approximate surface area is 187 Å². The molecule has 0 spiro atoms. The Hall–Kier alpha value is -3.12. The van der Waals surface area contributed by atoms with Gasteiger partial charge in [0, 0.05) is 42.8 Å². The lowest BCUT2D eigenvalue weighted by Crippen LogP contribution is -2.52. The molecule has 2 aromatic carbocycles. The zero-order valence-electron chi connectivity index (χ0n) is 17.7. The van der Waals surface area contributed by atoms with E-state index in [2.05, 4.69) is 14.9 Å². The quantitative estimate of drug-likeness (QED) is 0.599. The molecule has 1 aliphatic heterocycles. The molecule has 0 N–H and O–H groups in total. The Balaban J connectivity index is 1.39. The van der Waals surface area contributed by atoms with E-state index in [4.69, 9.17) is 16.3 Å². The Kier molecular flexibility index (Phi) is 6.37. The number of piperazine rings is 1. The van der Waals surface area contributed by atoms with Gasteiger partial charge in [-0.15, -0.1) is 0 Å². The molecule has 4 rings (SSSR count).